The van der Waals surface area contributed by atoms with Crippen molar-refractivity contribution >= 4 is 43.5 Å². The Balaban J connectivity index is 1.10. The van der Waals surface area contributed by atoms with Crippen molar-refractivity contribution in [3.63, 3.8) is 0 Å². The second kappa shape index (κ2) is 11.9. The maximum absolute atomic E-state index is 6.52. The number of benzene rings is 8. The second-order valence-electron chi connectivity index (χ2n) is 12.8. The van der Waals surface area contributed by atoms with Crippen LogP contribution in [0, 0.1) is 0 Å². The summed E-state index contributed by atoms with van der Waals surface area (Å²) in [4.78, 5) is 15.0. The van der Waals surface area contributed by atoms with Gasteiger partial charge in [-0.15, -0.1) is 0 Å². The summed E-state index contributed by atoms with van der Waals surface area (Å²) in [6.45, 7) is 0. The molecule has 0 fully saturated rings. The first-order valence-electron chi connectivity index (χ1n) is 17.1. The number of fused-ring (bicyclic) bond motifs is 6. The maximum Gasteiger partial charge on any atom is 0.164 e. The summed E-state index contributed by atoms with van der Waals surface area (Å²) in [7, 11) is 0. The van der Waals surface area contributed by atoms with Gasteiger partial charge < -0.3 is 4.42 Å². The van der Waals surface area contributed by atoms with E-state index in [1.54, 1.807) is 0 Å². The predicted octanol–water partition coefficient (Wildman–Crippen LogP) is 12.4. The highest BCUT2D eigenvalue weighted by molar-refractivity contribution is 6.19. The third-order valence-corrected chi connectivity index (χ3v) is 9.71. The molecule has 0 aliphatic rings. The van der Waals surface area contributed by atoms with Gasteiger partial charge >= 0.3 is 0 Å². The summed E-state index contributed by atoms with van der Waals surface area (Å²) in [5.74, 6) is 1.92. The highest BCUT2D eigenvalue weighted by Gasteiger charge is 2.17. The van der Waals surface area contributed by atoms with Crippen molar-refractivity contribution in [3.8, 4) is 56.4 Å². The standard InChI is InChI=1S/C47H29N3O/c1-3-11-30(12-4-1)36-25-26-43-41(28-36)42-29-40(38-17-9-10-18-39(38)44(42)51-43)32-20-22-34(23-21-32)46-48-45(33-14-5-2-6-15-33)49-47(50-46)37-24-19-31-13-7-8-16-35(31)27-37/h1-29H. The summed E-state index contributed by atoms with van der Waals surface area (Å²) in [6, 6.07) is 61.1. The van der Waals surface area contributed by atoms with Gasteiger partial charge in [0, 0.05) is 32.8 Å². The number of hydrogen-bond acceptors (Lipinski definition) is 4. The second-order valence-corrected chi connectivity index (χ2v) is 12.8. The van der Waals surface area contributed by atoms with Gasteiger partial charge in [0.05, 0.1) is 0 Å². The van der Waals surface area contributed by atoms with E-state index in [0.717, 1.165) is 65.9 Å². The summed E-state index contributed by atoms with van der Waals surface area (Å²) in [5.41, 5.74) is 9.22. The average molecular weight is 652 g/mol. The van der Waals surface area contributed by atoms with Crippen LogP contribution in [0.25, 0.3) is 99.9 Å². The molecular formula is C47H29N3O. The maximum atomic E-state index is 6.52. The van der Waals surface area contributed by atoms with E-state index in [0.29, 0.717) is 17.5 Å². The molecule has 0 bridgehead atoms. The molecule has 4 heteroatoms. The van der Waals surface area contributed by atoms with E-state index in [1.165, 1.54) is 16.5 Å². The topological polar surface area (TPSA) is 51.8 Å². The molecule has 0 radical (unpaired) electrons. The van der Waals surface area contributed by atoms with Gasteiger partial charge in [-0.05, 0) is 62.7 Å². The van der Waals surface area contributed by atoms with Crippen molar-refractivity contribution < 1.29 is 4.42 Å². The monoisotopic (exact) mass is 651 g/mol. The Hall–Kier alpha value is -6.91. The minimum atomic E-state index is 0.633. The van der Waals surface area contributed by atoms with Gasteiger partial charge in [0.25, 0.3) is 0 Å². The lowest BCUT2D eigenvalue weighted by atomic mass is 9.94. The van der Waals surface area contributed by atoms with Crippen LogP contribution in [0.3, 0.4) is 0 Å². The smallest absolute Gasteiger partial charge is 0.164 e. The molecule has 0 aliphatic carbocycles. The first-order chi connectivity index (χ1) is 25.2. The Morgan fingerprint density at radius 1 is 0.314 bits per heavy atom. The largest absolute Gasteiger partial charge is 0.455 e. The highest BCUT2D eigenvalue weighted by atomic mass is 16.3. The fourth-order valence-electron chi connectivity index (χ4n) is 7.12. The molecule has 4 nitrogen and oxygen atoms in total. The number of hydrogen-bond donors (Lipinski definition) is 0. The molecule has 10 aromatic rings. The van der Waals surface area contributed by atoms with Crippen molar-refractivity contribution in [2.24, 2.45) is 0 Å². The molecule has 0 unspecified atom stereocenters. The summed E-state index contributed by atoms with van der Waals surface area (Å²) >= 11 is 0. The van der Waals surface area contributed by atoms with E-state index in [1.807, 2.05) is 36.4 Å². The fraction of sp³-hybridized carbons (Fsp3) is 0. The van der Waals surface area contributed by atoms with Gasteiger partial charge in [-0.25, -0.2) is 15.0 Å². The average Bonchev–Trinajstić information content (AvgIpc) is 3.59. The molecule has 0 spiro atoms. The Morgan fingerprint density at radius 2 is 0.863 bits per heavy atom. The molecule has 0 aliphatic heterocycles. The van der Waals surface area contributed by atoms with Crippen LogP contribution in [0.2, 0.25) is 0 Å². The van der Waals surface area contributed by atoms with E-state index >= 15 is 0 Å². The van der Waals surface area contributed by atoms with Crippen molar-refractivity contribution in [3.05, 3.63) is 176 Å². The summed E-state index contributed by atoms with van der Waals surface area (Å²) < 4.78 is 6.52. The Bertz CT molecular complexity index is 2900. The number of rotatable bonds is 5. The Morgan fingerprint density at radius 3 is 1.61 bits per heavy atom. The minimum absolute atomic E-state index is 0.633. The molecule has 0 saturated heterocycles. The lowest BCUT2D eigenvalue weighted by Gasteiger charge is -2.11. The molecule has 0 N–H and O–H groups in total. The number of aromatic nitrogens is 3. The van der Waals surface area contributed by atoms with Gasteiger partial charge in [-0.3, -0.25) is 0 Å². The lowest BCUT2D eigenvalue weighted by Crippen LogP contribution is -2.00. The van der Waals surface area contributed by atoms with Crippen molar-refractivity contribution in [1.82, 2.24) is 15.0 Å². The zero-order valence-corrected chi connectivity index (χ0v) is 27.5. The Kier molecular flexibility index (Phi) is 6.78. The quantitative estimate of drug-likeness (QED) is 0.186. The van der Waals surface area contributed by atoms with Crippen LogP contribution in [-0.4, -0.2) is 15.0 Å². The normalized spacial score (nSPS) is 11.5. The van der Waals surface area contributed by atoms with Crippen LogP contribution in [0.1, 0.15) is 0 Å². The summed E-state index contributed by atoms with van der Waals surface area (Å²) in [6.07, 6.45) is 0. The molecule has 238 valence electrons. The molecule has 51 heavy (non-hydrogen) atoms. The van der Waals surface area contributed by atoms with Gasteiger partial charge in [0.15, 0.2) is 17.5 Å². The SMILES string of the molecule is c1ccc(-c2ccc3oc4c5ccccc5c(-c5ccc(-c6nc(-c7ccccc7)nc(-c7ccc8ccccc8c7)n6)cc5)cc4c3c2)cc1. The lowest BCUT2D eigenvalue weighted by molar-refractivity contribution is 0.673. The van der Waals surface area contributed by atoms with Gasteiger partial charge in [-0.2, -0.15) is 0 Å². The molecule has 2 heterocycles. The van der Waals surface area contributed by atoms with Gasteiger partial charge in [0.2, 0.25) is 0 Å². The van der Waals surface area contributed by atoms with Crippen LogP contribution < -0.4 is 0 Å². The molecule has 0 atom stereocenters. The van der Waals surface area contributed by atoms with Crippen LogP contribution >= 0.6 is 0 Å². The molecule has 0 saturated carbocycles. The fourth-order valence-corrected chi connectivity index (χ4v) is 7.12. The van der Waals surface area contributed by atoms with Crippen LogP contribution in [-0.2, 0) is 0 Å². The molecule has 10 rings (SSSR count). The van der Waals surface area contributed by atoms with Crippen LogP contribution in [0.4, 0.5) is 0 Å². The number of nitrogens with zero attached hydrogens (tertiary/aromatic N) is 3. The first-order valence-corrected chi connectivity index (χ1v) is 17.1. The molecule has 8 aromatic carbocycles. The molecule has 2 aromatic heterocycles. The predicted molar refractivity (Wildman–Crippen MR) is 209 cm³/mol. The van der Waals surface area contributed by atoms with Gasteiger partial charge in [0.1, 0.15) is 11.2 Å². The van der Waals surface area contributed by atoms with Crippen LogP contribution in [0.15, 0.2) is 180 Å². The third kappa shape index (κ3) is 5.13. The number of furan rings is 1. The molecule has 0 amide bonds. The van der Waals surface area contributed by atoms with Crippen LogP contribution in [0.5, 0.6) is 0 Å². The van der Waals surface area contributed by atoms with E-state index in [4.69, 9.17) is 19.4 Å². The molecular weight excluding hydrogens is 623 g/mol. The van der Waals surface area contributed by atoms with Crippen molar-refractivity contribution in [1.29, 1.82) is 0 Å². The van der Waals surface area contributed by atoms with E-state index < -0.39 is 0 Å². The minimum Gasteiger partial charge on any atom is -0.455 e. The van der Waals surface area contributed by atoms with Crippen molar-refractivity contribution in [2.45, 2.75) is 0 Å². The highest BCUT2D eigenvalue weighted by Crippen LogP contribution is 2.41. The zero-order chi connectivity index (χ0) is 33.7. The zero-order valence-electron chi connectivity index (χ0n) is 27.5. The van der Waals surface area contributed by atoms with Crippen molar-refractivity contribution in [2.75, 3.05) is 0 Å². The van der Waals surface area contributed by atoms with E-state index in [9.17, 15) is 0 Å². The van der Waals surface area contributed by atoms with E-state index in [-0.39, 0.29) is 0 Å². The third-order valence-electron chi connectivity index (χ3n) is 9.71. The first kappa shape index (κ1) is 29.0. The van der Waals surface area contributed by atoms with Gasteiger partial charge in [-0.1, -0.05) is 152 Å². The Labute approximate surface area is 294 Å². The summed E-state index contributed by atoms with van der Waals surface area (Å²) in [5, 5.41) is 6.77. The van der Waals surface area contributed by atoms with E-state index in [2.05, 4.69) is 140 Å².